The fourth-order valence-electron chi connectivity index (χ4n) is 1.57. The number of ether oxygens (including phenoxy) is 1. The molecular formula is C12H18F3N3O4. The van der Waals surface area contributed by atoms with E-state index < -0.39 is 47.9 Å². The number of alkyl carbamates (subject to hydrolysis) is 1. The summed E-state index contributed by atoms with van der Waals surface area (Å²) < 4.78 is 42.8. The summed E-state index contributed by atoms with van der Waals surface area (Å²) in [6, 6.07) is 0. The van der Waals surface area contributed by atoms with Gasteiger partial charge in [-0.2, -0.15) is 18.3 Å². The molecule has 126 valence electrons. The van der Waals surface area contributed by atoms with Gasteiger partial charge in [0.25, 0.3) is 0 Å². The number of hydrogen-bond donors (Lipinski definition) is 4. The Morgan fingerprint density at radius 3 is 2.50 bits per heavy atom. The van der Waals surface area contributed by atoms with E-state index in [2.05, 4.69) is 10.4 Å². The summed E-state index contributed by atoms with van der Waals surface area (Å²) in [5.41, 5.74) is -2.62. The van der Waals surface area contributed by atoms with Gasteiger partial charge in [0.15, 0.2) is 0 Å². The molecule has 1 amide bonds. The van der Waals surface area contributed by atoms with Gasteiger partial charge in [0, 0.05) is 12.1 Å². The summed E-state index contributed by atoms with van der Waals surface area (Å²) >= 11 is 0. The van der Waals surface area contributed by atoms with Crippen molar-refractivity contribution in [2.75, 3.05) is 6.54 Å². The molecule has 0 aliphatic rings. The van der Waals surface area contributed by atoms with Crippen LogP contribution >= 0.6 is 0 Å². The highest BCUT2D eigenvalue weighted by atomic mass is 19.4. The number of aromatic nitrogens is 2. The van der Waals surface area contributed by atoms with Gasteiger partial charge in [0.05, 0.1) is 6.20 Å². The largest absolute Gasteiger partial charge is 0.444 e. The third-order valence-corrected chi connectivity index (χ3v) is 2.49. The maximum absolute atomic E-state index is 12.7. The van der Waals surface area contributed by atoms with Gasteiger partial charge in [-0.15, -0.1) is 0 Å². The third-order valence-electron chi connectivity index (χ3n) is 2.49. The first kappa shape index (κ1) is 18.2. The maximum atomic E-state index is 12.7. The zero-order valence-corrected chi connectivity index (χ0v) is 12.2. The van der Waals surface area contributed by atoms with Crippen LogP contribution in [-0.4, -0.2) is 44.8 Å². The molecule has 4 N–H and O–H groups in total. The predicted molar refractivity (Wildman–Crippen MR) is 68.8 cm³/mol. The summed E-state index contributed by atoms with van der Waals surface area (Å²) in [6.45, 7) is 4.38. The smallest absolute Gasteiger partial charge is 0.433 e. The van der Waals surface area contributed by atoms with Crippen LogP contribution in [0.1, 0.15) is 38.1 Å². The Morgan fingerprint density at radius 1 is 1.41 bits per heavy atom. The molecule has 22 heavy (non-hydrogen) atoms. The number of aromatic amines is 1. The highest BCUT2D eigenvalue weighted by Crippen LogP contribution is 2.33. The van der Waals surface area contributed by atoms with Crippen molar-refractivity contribution in [2.24, 2.45) is 0 Å². The van der Waals surface area contributed by atoms with Crippen molar-refractivity contribution < 1.29 is 32.9 Å². The molecule has 7 nitrogen and oxygen atoms in total. The van der Waals surface area contributed by atoms with Crippen molar-refractivity contribution in [1.29, 1.82) is 0 Å². The molecule has 0 fully saturated rings. The summed E-state index contributed by atoms with van der Waals surface area (Å²) in [5, 5.41) is 26.5. The molecule has 1 aromatic heterocycles. The molecule has 0 saturated carbocycles. The molecule has 0 saturated heterocycles. The monoisotopic (exact) mass is 325 g/mol. The number of aliphatic hydroxyl groups is 2. The van der Waals surface area contributed by atoms with Crippen LogP contribution < -0.4 is 5.32 Å². The van der Waals surface area contributed by atoms with E-state index in [4.69, 9.17) is 4.74 Å². The lowest BCUT2D eigenvalue weighted by Crippen LogP contribution is -2.39. The van der Waals surface area contributed by atoms with E-state index >= 15 is 0 Å². The van der Waals surface area contributed by atoms with Gasteiger partial charge in [0.2, 0.25) is 0 Å². The first-order valence-corrected chi connectivity index (χ1v) is 6.35. The lowest BCUT2D eigenvalue weighted by molar-refractivity contribution is -0.143. The number of halogens is 3. The SMILES string of the molecule is CC(C)(C)OC(=O)NCC(O)C(O)c1cn[nH]c1C(F)(F)F. The molecule has 0 aromatic carbocycles. The number of hydrogen-bond acceptors (Lipinski definition) is 5. The minimum atomic E-state index is -4.74. The van der Waals surface area contributed by atoms with Gasteiger partial charge in [-0.3, -0.25) is 5.10 Å². The lowest BCUT2D eigenvalue weighted by atomic mass is 10.0. The van der Waals surface area contributed by atoms with Crippen molar-refractivity contribution >= 4 is 6.09 Å². The second-order valence-electron chi connectivity index (χ2n) is 5.59. The summed E-state index contributed by atoms with van der Waals surface area (Å²) in [6.07, 6.45) is -8.37. The van der Waals surface area contributed by atoms with Crippen LogP contribution in [-0.2, 0) is 10.9 Å². The van der Waals surface area contributed by atoms with Crippen LogP contribution in [0.15, 0.2) is 6.20 Å². The predicted octanol–water partition coefficient (Wildman–Crippen LogP) is 1.35. The Hall–Kier alpha value is -1.81. The fraction of sp³-hybridized carbons (Fsp3) is 0.667. The van der Waals surface area contributed by atoms with Crippen molar-refractivity contribution in [1.82, 2.24) is 15.5 Å². The number of rotatable bonds is 4. The quantitative estimate of drug-likeness (QED) is 0.668. The Kier molecular flexibility index (Phi) is 5.41. The minimum absolute atomic E-state index is 0.488. The highest BCUT2D eigenvalue weighted by molar-refractivity contribution is 5.67. The molecule has 2 atom stereocenters. The van der Waals surface area contributed by atoms with Gasteiger partial charge in [0.1, 0.15) is 23.5 Å². The van der Waals surface area contributed by atoms with E-state index in [0.29, 0.717) is 0 Å². The molecule has 0 bridgehead atoms. The number of H-pyrrole nitrogens is 1. The maximum Gasteiger partial charge on any atom is 0.433 e. The second kappa shape index (κ2) is 6.53. The van der Waals surface area contributed by atoms with E-state index in [1.165, 1.54) is 0 Å². The molecule has 1 rings (SSSR count). The Bertz CT molecular complexity index is 510. The number of nitrogens with zero attached hydrogens (tertiary/aromatic N) is 1. The van der Waals surface area contributed by atoms with Crippen molar-refractivity contribution in [2.45, 2.75) is 44.8 Å². The highest BCUT2D eigenvalue weighted by Gasteiger charge is 2.38. The van der Waals surface area contributed by atoms with E-state index in [9.17, 15) is 28.2 Å². The number of carbonyl (C=O) groups excluding carboxylic acids is 1. The molecule has 0 aliphatic carbocycles. The van der Waals surface area contributed by atoms with Crippen LogP contribution in [0.25, 0.3) is 0 Å². The molecule has 2 unspecified atom stereocenters. The zero-order chi connectivity index (χ0) is 17.1. The van der Waals surface area contributed by atoms with Gasteiger partial charge in [-0.05, 0) is 20.8 Å². The van der Waals surface area contributed by atoms with Gasteiger partial charge >= 0.3 is 12.3 Å². The van der Waals surface area contributed by atoms with E-state index in [1.54, 1.807) is 25.9 Å². The Balaban J connectivity index is 2.65. The van der Waals surface area contributed by atoms with Crippen LogP contribution in [0.4, 0.5) is 18.0 Å². The summed E-state index contributed by atoms with van der Waals surface area (Å²) in [4.78, 5) is 11.4. The molecule has 1 aromatic rings. The summed E-state index contributed by atoms with van der Waals surface area (Å²) in [5.74, 6) is 0. The Morgan fingerprint density at radius 2 is 2.00 bits per heavy atom. The number of carbonyl (C=O) groups is 1. The second-order valence-corrected chi connectivity index (χ2v) is 5.59. The third kappa shape index (κ3) is 5.19. The molecule has 1 heterocycles. The first-order chi connectivity index (χ1) is 9.92. The van der Waals surface area contributed by atoms with Crippen LogP contribution in [0.5, 0.6) is 0 Å². The molecule has 0 aliphatic heterocycles. The number of nitrogens with one attached hydrogen (secondary N) is 2. The van der Waals surface area contributed by atoms with Crippen LogP contribution in [0, 0.1) is 0 Å². The zero-order valence-electron chi connectivity index (χ0n) is 12.2. The van der Waals surface area contributed by atoms with Gasteiger partial charge < -0.3 is 20.3 Å². The molecule has 0 spiro atoms. The summed E-state index contributed by atoms with van der Waals surface area (Å²) in [7, 11) is 0. The van der Waals surface area contributed by atoms with Crippen LogP contribution in [0.2, 0.25) is 0 Å². The molecule has 0 radical (unpaired) electrons. The number of aliphatic hydroxyl groups excluding tert-OH is 2. The van der Waals surface area contributed by atoms with E-state index in [-0.39, 0.29) is 0 Å². The number of amides is 1. The van der Waals surface area contributed by atoms with E-state index in [0.717, 1.165) is 6.20 Å². The van der Waals surface area contributed by atoms with Crippen molar-refractivity contribution in [3.63, 3.8) is 0 Å². The minimum Gasteiger partial charge on any atom is -0.444 e. The Labute approximate surface area is 124 Å². The molecular weight excluding hydrogens is 307 g/mol. The average molecular weight is 325 g/mol. The van der Waals surface area contributed by atoms with Crippen molar-refractivity contribution in [3.05, 3.63) is 17.5 Å². The van der Waals surface area contributed by atoms with Crippen LogP contribution in [0.3, 0.4) is 0 Å². The van der Waals surface area contributed by atoms with E-state index in [1.807, 2.05) is 0 Å². The first-order valence-electron chi connectivity index (χ1n) is 6.35. The topological polar surface area (TPSA) is 107 Å². The lowest BCUT2D eigenvalue weighted by Gasteiger charge is -2.22. The molecule has 10 heteroatoms. The van der Waals surface area contributed by atoms with Gasteiger partial charge in [-0.25, -0.2) is 4.79 Å². The van der Waals surface area contributed by atoms with Gasteiger partial charge in [-0.1, -0.05) is 0 Å². The average Bonchev–Trinajstić information content (AvgIpc) is 2.81. The fourth-order valence-corrected chi connectivity index (χ4v) is 1.57. The normalized spacial score (nSPS) is 15.3. The van der Waals surface area contributed by atoms with Crippen molar-refractivity contribution in [3.8, 4) is 0 Å². The standard InChI is InChI=1S/C12H18F3N3O4/c1-11(2,3)22-10(21)16-5-7(19)8(20)6-4-17-18-9(6)12(13,14)15/h4,7-8,19-20H,5H2,1-3H3,(H,16,21)(H,17,18). The number of alkyl halides is 3.